The lowest BCUT2D eigenvalue weighted by molar-refractivity contribution is -0.00847. The van der Waals surface area contributed by atoms with Gasteiger partial charge in [0.25, 0.3) is 0 Å². The van der Waals surface area contributed by atoms with E-state index in [0.717, 1.165) is 5.56 Å². The van der Waals surface area contributed by atoms with Gasteiger partial charge in [-0.1, -0.05) is 48.5 Å². The molecule has 0 atom stereocenters. The number of carbonyl (C=O) groups is 1. The Kier molecular flexibility index (Phi) is 7.04. The van der Waals surface area contributed by atoms with Crippen molar-refractivity contribution in [2.24, 2.45) is 0 Å². The van der Waals surface area contributed by atoms with Crippen molar-refractivity contribution in [1.29, 1.82) is 0 Å². The summed E-state index contributed by atoms with van der Waals surface area (Å²) in [5, 5.41) is 0. The summed E-state index contributed by atoms with van der Waals surface area (Å²) in [6, 6.07) is 16.6. The minimum absolute atomic E-state index is 0.0162. The van der Waals surface area contributed by atoms with Crippen molar-refractivity contribution in [3.63, 3.8) is 0 Å². The Hall–Kier alpha value is -2.43. The van der Waals surface area contributed by atoms with Crippen LogP contribution < -0.4 is 4.74 Å². The molecule has 2 aromatic carbocycles. The highest BCUT2D eigenvalue weighted by atomic mass is 16.7. The standard InChI is InChI=1S/C19H20O4/c1-21-13-14-22-15-23-18-10-7-16(8-11-18)9-12-19(20)17-5-3-2-4-6-17/h2-12H,13-15H2,1H3/b12-9+. The lowest BCUT2D eigenvalue weighted by atomic mass is 10.1. The van der Waals surface area contributed by atoms with Crippen LogP contribution in [0.1, 0.15) is 15.9 Å². The van der Waals surface area contributed by atoms with Crippen molar-refractivity contribution in [3.05, 3.63) is 71.8 Å². The highest BCUT2D eigenvalue weighted by molar-refractivity contribution is 6.06. The molecule has 2 rings (SSSR count). The number of ketones is 1. The third-order valence-corrected chi connectivity index (χ3v) is 3.11. The van der Waals surface area contributed by atoms with Gasteiger partial charge >= 0.3 is 0 Å². The summed E-state index contributed by atoms with van der Waals surface area (Å²) < 4.78 is 15.5. The van der Waals surface area contributed by atoms with Gasteiger partial charge in [-0.05, 0) is 23.8 Å². The third kappa shape index (κ3) is 6.06. The summed E-state index contributed by atoms with van der Waals surface area (Å²) in [5.74, 6) is 0.700. The fourth-order valence-corrected chi connectivity index (χ4v) is 1.86. The van der Waals surface area contributed by atoms with E-state index < -0.39 is 0 Å². The average molecular weight is 312 g/mol. The van der Waals surface area contributed by atoms with E-state index in [1.54, 1.807) is 31.4 Å². The fraction of sp³-hybridized carbons (Fsp3) is 0.211. The van der Waals surface area contributed by atoms with Crippen molar-refractivity contribution >= 4 is 11.9 Å². The van der Waals surface area contributed by atoms with Gasteiger partial charge in [-0.2, -0.15) is 0 Å². The first kappa shape index (κ1) is 16.9. The first-order valence-corrected chi connectivity index (χ1v) is 7.36. The second kappa shape index (κ2) is 9.56. The molecule has 0 fully saturated rings. The molecule has 0 amide bonds. The van der Waals surface area contributed by atoms with E-state index in [4.69, 9.17) is 14.2 Å². The van der Waals surface area contributed by atoms with Crippen LogP contribution in [0, 0.1) is 0 Å². The van der Waals surface area contributed by atoms with Gasteiger partial charge < -0.3 is 14.2 Å². The van der Waals surface area contributed by atoms with E-state index >= 15 is 0 Å². The Morgan fingerprint density at radius 2 is 1.74 bits per heavy atom. The molecule has 2 aromatic rings. The molecular formula is C19H20O4. The Morgan fingerprint density at radius 1 is 1.00 bits per heavy atom. The van der Waals surface area contributed by atoms with Crippen molar-refractivity contribution < 1.29 is 19.0 Å². The van der Waals surface area contributed by atoms with Crippen LogP contribution in [0.5, 0.6) is 5.75 Å². The molecule has 0 radical (unpaired) electrons. The van der Waals surface area contributed by atoms with Gasteiger partial charge in [-0.3, -0.25) is 4.79 Å². The molecule has 0 heterocycles. The van der Waals surface area contributed by atoms with Crippen LogP contribution in [0.4, 0.5) is 0 Å². The largest absolute Gasteiger partial charge is 0.468 e. The van der Waals surface area contributed by atoms with Crippen molar-refractivity contribution in [3.8, 4) is 5.75 Å². The minimum Gasteiger partial charge on any atom is -0.468 e. The number of rotatable bonds is 9. The second-order valence-corrected chi connectivity index (χ2v) is 4.80. The van der Waals surface area contributed by atoms with Gasteiger partial charge in [0.15, 0.2) is 12.6 Å². The molecule has 4 heteroatoms. The summed E-state index contributed by atoms with van der Waals surface area (Å²) in [5.41, 5.74) is 1.61. The normalized spacial score (nSPS) is 10.8. The molecule has 0 bridgehead atoms. The summed E-state index contributed by atoms with van der Waals surface area (Å²) >= 11 is 0. The molecule has 0 aliphatic heterocycles. The molecule has 0 aromatic heterocycles. The number of ether oxygens (including phenoxy) is 3. The van der Waals surface area contributed by atoms with Gasteiger partial charge in [0.2, 0.25) is 0 Å². The van der Waals surface area contributed by atoms with E-state index in [1.807, 2.05) is 42.5 Å². The van der Waals surface area contributed by atoms with Gasteiger partial charge in [0, 0.05) is 12.7 Å². The molecule has 120 valence electrons. The SMILES string of the molecule is COCCOCOc1ccc(/C=C/C(=O)c2ccccc2)cc1. The highest BCUT2D eigenvalue weighted by Crippen LogP contribution is 2.13. The first-order chi connectivity index (χ1) is 11.3. The zero-order valence-electron chi connectivity index (χ0n) is 13.1. The van der Waals surface area contributed by atoms with Crippen molar-refractivity contribution in [2.75, 3.05) is 27.1 Å². The number of benzene rings is 2. The van der Waals surface area contributed by atoms with E-state index in [9.17, 15) is 4.79 Å². The highest BCUT2D eigenvalue weighted by Gasteiger charge is 1.99. The number of hydrogen-bond acceptors (Lipinski definition) is 4. The smallest absolute Gasteiger partial charge is 0.189 e. The lowest BCUT2D eigenvalue weighted by Gasteiger charge is -2.06. The number of methoxy groups -OCH3 is 1. The molecule has 23 heavy (non-hydrogen) atoms. The zero-order valence-corrected chi connectivity index (χ0v) is 13.1. The molecule has 0 unspecified atom stereocenters. The molecule has 0 aliphatic rings. The maximum atomic E-state index is 12.0. The van der Waals surface area contributed by atoms with Crippen molar-refractivity contribution in [1.82, 2.24) is 0 Å². The summed E-state index contributed by atoms with van der Waals surface area (Å²) in [4.78, 5) is 12.0. The quantitative estimate of drug-likeness (QED) is 0.307. The number of allylic oxidation sites excluding steroid dienone is 1. The van der Waals surface area contributed by atoms with Crippen LogP contribution in [0.3, 0.4) is 0 Å². The van der Waals surface area contributed by atoms with E-state index in [2.05, 4.69) is 0 Å². The van der Waals surface area contributed by atoms with E-state index in [0.29, 0.717) is 24.5 Å². The van der Waals surface area contributed by atoms with Gasteiger partial charge in [0.1, 0.15) is 5.75 Å². The van der Waals surface area contributed by atoms with Crippen LogP contribution in [-0.2, 0) is 9.47 Å². The van der Waals surface area contributed by atoms with Crippen LogP contribution in [0.15, 0.2) is 60.7 Å². The predicted molar refractivity (Wildman–Crippen MR) is 89.6 cm³/mol. The number of hydrogen-bond donors (Lipinski definition) is 0. The monoisotopic (exact) mass is 312 g/mol. The maximum absolute atomic E-state index is 12.0. The zero-order chi connectivity index (χ0) is 16.3. The molecular weight excluding hydrogens is 292 g/mol. The Morgan fingerprint density at radius 3 is 2.43 bits per heavy atom. The Bertz CT molecular complexity index is 618. The molecule has 0 saturated heterocycles. The van der Waals surface area contributed by atoms with Gasteiger partial charge in [-0.25, -0.2) is 0 Å². The summed E-state index contributed by atoms with van der Waals surface area (Å²) in [6.45, 7) is 1.23. The van der Waals surface area contributed by atoms with Crippen LogP contribution in [-0.4, -0.2) is 32.9 Å². The molecule has 0 N–H and O–H groups in total. The fourth-order valence-electron chi connectivity index (χ4n) is 1.86. The predicted octanol–water partition coefficient (Wildman–Crippen LogP) is 3.58. The first-order valence-electron chi connectivity index (χ1n) is 7.36. The molecule has 0 saturated carbocycles. The molecule has 0 spiro atoms. The Balaban J connectivity index is 1.82. The maximum Gasteiger partial charge on any atom is 0.189 e. The topological polar surface area (TPSA) is 44.8 Å². The van der Waals surface area contributed by atoms with Gasteiger partial charge in [0.05, 0.1) is 13.2 Å². The van der Waals surface area contributed by atoms with Gasteiger partial charge in [-0.15, -0.1) is 0 Å². The van der Waals surface area contributed by atoms with E-state index in [-0.39, 0.29) is 12.6 Å². The number of carbonyl (C=O) groups excluding carboxylic acids is 1. The lowest BCUT2D eigenvalue weighted by Crippen LogP contribution is -2.07. The summed E-state index contributed by atoms with van der Waals surface area (Å²) in [6.07, 6.45) is 3.35. The van der Waals surface area contributed by atoms with Crippen molar-refractivity contribution in [2.45, 2.75) is 0 Å². The molecule has 0 aliphatic carbocycles. The third-order valence-electron chi connectivity index (χ3n) is 3.11. The summed E-state index contributed by atoms with van der Waals surface area (Å²) in [7, 11) is 1.62. The second-order valence-electron chi connectivity index (χ2n) is 4.80. The van der Waals surface area contributed by atoms with Crippen LogP contribution in [0.25, 0.3) is 6.08 Å². The molecule has 4 nitrogen and oxygen atoms in total. The Labute approximate surface area is 136 Å². The minimum atomic E-state index is -0.0162. The van der Waals surface area contributed by atoms with Crippen LogP contribution in [0.2, 0.25) is 0 Å². The van der Waals surface area contributed by atoms with E-state index in [1.165, 1.54) is 0 Å². The average Bonchev–Trinajstić information content (AvgIpc) is 2.61. The van der Waals surface area contributed by atoms with Crippen LogP contribution >= 0.6 is 0 Å².